The van der Waals surface area contributed by atoms with Gasteiger partial charge in [-0.25, -0.2) is 0 Å². The van der Waals surface area contributed by atoms with Gasteiger partial charge in [-0.15, -0.1) is 17.0 Å². The molecule has 1 aromatic carbocycles. The molecule has 0 fully saturated rings. The average Bonchev–Trinajstić information content (AvgIpc) is 2.36. The van der Waals surface area contributed by atoms with E-state index in [0.29, 0.717) is 12.0 Å². The molecule has 0 bridgehead atoms. The molecule has 100 valence electrons. The number of rotatable bonds is 1. The van der Waals surface area contributed by atoms with E-state index < -0.39 is 0 Å². The average molecular weight is 314 g/mol. The monoisotopic (exact) mass is 313 g/mol. The zero-order chi connectivity index (χ0) is 12.0. The third-order valence-corrected chi connectivity index (χ3v) is 4.40. The van der Waals surface area contributed by atoms with Crippen LogP contribution in [0.4, 0.5) is 0 Å². The van der Waals surface area contributed by atoms with Gasteiger partial charge in [0.1, 0.15) is 0 Å². The van der Waals surface area contributed by atoms with Gasteiger partial charge in [0.05, 0.1) is 0 Å². The molecule has 1 aromatic rings. The summed E-state index contributed by atoms with van der Waals surface area (Å²) in [5.41, 5.74) is 3.56. The van der Waals surface area contributed by atoms with Gasteiger partial charge in [-0.05, 0) is 62.3 Å². The Morgan fingerprint density at radius 3 is 2.72 bits per heavy atom. The molecule has 0 saturated carbocycles. The number of hydrogen-bond acceptors (Lipinski definition) is 3. The molecule has 2 unspecified atom stereocenters. The van der Waals surface area contributed by atoms with Crippen molar-refractivity contribution >= 4 is 17.0 Å². The van der Waals surface area contributed by atoms with Gasteiger partial charge in [0.15, 0.2) is 11.5 Å². The minimum Gasteiger partial charge on any atom is -0.504 e. The summed E-state index contributed by atoms with van der Waals surface area (Å²) < 4.78 is 0. The Morgan fingerprint density at radius 1 is 1.22 bits per heavy atom. The van der Waals surface area contributed by atoms with Crippen molar-refractivity contribution in [1.29, 1.82) is 0 Å². The first-order chi connectivity index (χ1) is 8.22. The third-order valence-electron chi connectivity index (χ3n) is 4.40. The summed E-state index contributed by atoms with van der Waals surface area (Å²) >= 11 is 0. The minimum atomic E-state index is 0. The molecule has 2 aliphatic rings. The second kappa shape index (κ2) is 5.10. The Morgan fingerprint density at radius 2 is 2.00 bits per heavy atom. The van der Waals surface area contributed by atoms with E-state index in [0.717, 1.165) is 31.2 Å². The summed E-state index contributed by atoms with van der Waals surface area (Å²) in [6, 6.07) is 2.28. The fourth-order valence-electron chi connectivity index (χ4n) is 3.61. The normalized spacial score (nSPS) is 25.2. The highest BCUT2D eigenvalue weighted by atomic mass is 79.9. The topological polar surface area (TPSA) is 52.5 Å². The van der Waals surface area contributed by atoms with Crippen molar-refractivity contribution in [2.45, 2.75) is 44.1 Å². The van der Waals surface area contributed by atoms with Gasteiger partial charge >= 0.3 is 0 Å². The maximum Gasteiger partial charge on any atom is 0.160 e. The Balaban J connectivity index is 0.00000120. The molecular formula is C14H20BrNO2. The fraction of sp³-hybridized carbons (Fsp3) is 0.571. The lowest BCUT2D eigenvalue weighted by molar-refractivity contribution is 0.353. The lowest BCUT2D eigenvalue weighted by Gasteiger charge is -2.38. The van der Waals surface area contributed by atoms with E-state index in [1.807, 2.05) is 7.05 Å². The molecule has 0 heterocycles. The highest BCUT2D eigenvalue weighted by Crippen LogP contribution is 2.47. The van der Waals surface area contributed by atoms with Gasteiger partial charge in [0, 0.05) is 11.6 Å². The molecule has 2 aliphatic carbocycles. The first-order valence-electron chi connectivity index (χ1n) is 6.46. The van der Waals surface area contributed by atoms with E-state index in [1.165, 1.54) is 17.5 Å². The Labute approximate surface area is 118 Å². The number of phenolic OH excluding ortho intramolecular Hbond substituents is 2. The van der Waals surface area contributed by atoms with E-state index >= 15 is 0 Å². The van der Waals surface area contributed by atoms with Crippen LogP contribution in [0, 0.1) is 0 Å². The first-order valence-corrected chi connectivity index (χ1v) is 6.46. The van der Waals surface area contributed by atoms with Crippen molar-refractivity contribution in [1.82, 2.24) is 5.32 Å². The molecule has 0 aliphatic heterocycles. The van der Waals surface area contributed by atoms with Gasteiger partial charge in [-0.1, -0.05) is 0 Å². The largest absolute Gasteiger partial charge is 0.504 e. The second-order valence-electron chi connectivity index (χ2n) is 5.23. The van der Waals surface area contributed by atoms with Gasteiger partial charge in [0.25, 0.3) is 0 Å². The van der Waals surface area contributed by atoms with Crippen LogP contribution < -0.4 is 5.32 Å². The number of aromatic hydroxyl groups is 2. The summed E-state index contributed by atoms with van der Waals surface area (Å²) in [7, 11) is 2.02. The summed E-state index contributed by atoms with van der Waals surface area (Å²) in [5, 5.41) is 23.1. The summed E-state index contributed by atoms with van der Waals surface area (Å²) in [5.74, 6) is 0.687. The second-order valence-corrected chi connectivity index (χ2v) is 5.23. The maximum atomic E-state index is 9.99. The number of hydrogen-bond donors (Lipinski definition) is 3. The number of benzene rings is 1. The molecule has 0 saturated heterocycles. The van der Waals surface area contributed by atoms with E-state index in [-0.39, 0.29) is 28.5 Å². The molecule has 0 radical (unpaired) electrons. The van der Waals surface area contributed by atoms with Crippen molar-refractivity contribution in [2.75, 3.05) is 7.05 Å². The molecule has 2 atom stereocenters. The van der Waals surface area contributed by atoms with Crippen molar-refractivity contribution in [2.24, 2.45) is 0 Å². The van der Waals surface area contributed by atoms with E-state index in [4.69, 9.17) is 0 Å². The Bertz CT molecular complexity index is 462. The van der Waals surface area contributed by atoms with Crippen LogP contribution in [-0.2, 0) is 12.8 Å². The number of halogens is 1. The maximum absolute atomic E-state index is 9.99. The third kappa shape index (κ3) is 1.91. The molecule has 3 nitrogen and oxygen atoms in total. The highest BCUT2D eigenvalue weighted by Gasteiger charge is 2.34. The van der Waals surface area contributed by atoms with Crippen LogP contribution in [0.3, 0.4) is 0 Å². The van der Waals surface area contributed by atoms with E-state index in [1.54, 1.807) is 6.07 Å². The molecule has 18 heavy (non-hydrogen) atoms. The Hall–Kier alpha value is -0.740. The minimum absolute atomic E-state index is 0. The molecule has 0 spiro atoms. The lowest BCUT2D eigenvalue weighted by Crippen LogP contribution is -2.38. The summed E-state index contributed by atoms with van der Waals surface area (Å²) in [4.78, 5) is 0. The van der Waals surface area contributed by atoms with Crippen LogP contribution in [0.15, 0.2) is 6.07 Å². The molecule has 3 N–H and O–H groups in total. The molecule has 0 amide bonds. The fourth-order valence-corrected chi connectivity index (χ4v) is 3.61. The first kappa shape index (κ1) is 13.7. The van der Waals surface area contributed by atoms with E-state index in [2.05, 4.69) is 5.32 Å². The molecule has 3 rings (SSSR count). The number of phenols is 2. The highest BCUT2D eigenvalue weighted by molar-refractivity contribution is 8.93. The zero-order valence-corrected chi connectivity index (χ0v) is 12.3. The lowest BCUT2D eigenvalue weighted by atomic mass is 9.70. The van der Waals surface area contributed by atoms with Gasteiger partial charge < -0.3 is 15.5 Å². The van der Waals surface area contributed by atoms with Crippen molar-refractivity contribution in [3.63, 3.8) is 0 Å². The molecular weight excluding hydrogens is 294 g/mol. The van der Waals surface area contributed by atoms with Crippen molar-refractivity contribution < 1.29 is 10.2 Å². The van der Waals surface area contributed by atoms with Crippen molar-refractivity contribution in [3.05, 3.63) is 22.8 Å². The standard InChI is InChI=1S/C14H19NO2.BrH/c1-15-11-6-5-8-7-12(16)14(17)10-4-2-3-9(11)13(8)10;/h7,9,11,15-17H,2-6H2,1H3;1H. The SMILES string of the molecule is Br.CNC1CCc2cc(O)c(O)c3c2C1CCC3. The van der Waals surface area contributed by atoms with Crippen LogP contribution in [0.1, 0.15) is 41.9 Å². The predicted molar refractivity (Wildman–Crippen MR) is 76.9 cm³/mol. The van der Waals surface area contributed by atoms with Crippen molar-refractivity contribution in [3.8, 4) is 11.5 Å². The number of aryl methyl sites for hydroxylation is 1. The zero-order valence-electron chi connectivity index (χ0n) is 10.6. The summed E-state index contributed by atoms with van der Waals surface area (Å²) in [6.07, 6.45) is 5.31. The van der Waals surface area contributed by atoms with Gasteiger partial charge in [-0.3, -0.25) is 0 Å². The number of nitrogens with one attached hydrogen (secondary N) is 1. The van der Waals surface area contributed by atoms with Crippen LogP contribution >= 0.6 is 17.0 Å². The quantitative estimate of drug-likeness (QED) is 0.699. The van der Waals surface area contributed by atoms with Gasteiger partial charge in [0.2, 0.25) is 0 Å². The van der Waals surface area contributed by atoms with Crippen LogP contribution in [-0.4, -0.2) is 23.3 Å². The van der Waals surface area contributed by atoms with Crippen LogP contribution in [0.25, 0.3) is 0 Å². The van der Waals surface area contributed by atoms with Crippen LogP contribution in [0.5, 0.6) is 11.5 Å². The van der Waals surface area contributed by atoms with E-state index in [9.17, 15) is 10.2 Å². The molecule has 4 heteroatoms. The van der Waals surface area contributed by atoms with Crippen LogP contribution in [0.2, 0.25) is 0 Å². The summed E-state index contributed by atoms with van der Waals surface area (Å²) in [6.45, 7) is 0. The smallest absolute Gasteiger partial charge is 0.160 e. The molecule has 0 aromatic heterocycles. The Kier molecular flexibility index (Phi) is 3.87. The predicted octanol–water partition coefficient (Wildman–Crippen LogP) is 2.63. The van der Waals surface area contributed by atoms with Gasteiger partial charge in [-0.2, -0.15) is 0 Å². The number of likely N-dealkylation sites (N-methyl/N-ethyl adjacent to an activating group) is 1.